The van der Waals surface area contributed by atoms with E-state index >= 15 is 0 Å². The van der Waals surface area contributed by atoms with Gasteiger partial charge in [-0.05, 0) is 39.5 Å². The Morgan fingerprint density at radius 1 is 0.607 bits per heavy atom. The molecule has 0 aromatic carbocycles. The van der Waals surface area contributed by atoms with Crippen molar-refractivity contribution in [2.75, 3.05) is 26.2 Å². The molecule has 4 unspecified atom stereocenters. The Kier molecular flexibility index (Phi) is 13.3. The molecule has 0 amide bonds. The second-order valence-electron chi connectivity index (χ2n) is 8.74. The van der Waals surface area contributed by atoms with Crippen LogP contribution in [0.5, 0.6) is 0 Å². The molecule has 0 aromatic heterocycles. The van der Waals surface area contributed by atoms with Crippen molar-refractivity contribution in [2.45, 2.75) is 101 Å². The van der Waals surface area contributed by atoms with E-state index in [-0.39, 0.29) is 13.1 Å². The quantitative estimate of drug-likeness (QED) is 0.348. The third-order valence-electron chi connectivity index (χ3n) is 6.43. The molecule has 0 radical (unpaired) electrons. The molecule has 1 aliphatic heterocycles. The molecule has 28 heavy (non-hydrogen) atoms. The zero-order valence-electron chi connectivity index (χ0n) is 17.6. The first-order valence-corrected chi connectivity index (χ1v) is 14.5. The van der Waals surface area contributed by atoms with Crippen LogP contribution in [0.1, 0.15) is 65.2 Å². The van der Waals surface area contributed by atoms with E-state index in [1.165, 1.54) is 51.4 Å². The van der Waals surface area contributed by atoms with Crippen LogP contribution >= 0.6 is 20.2 Å². The summed E-state index contributed by atoms with van der Waals surface area (Å²) in [6.07, 6.45) is 10.8. The van der Waals surface area contributed by atoms with E-state index in [0.29, 0.717) is 36.3 Å². The zero-order chi connectivity index (χ0) is 20.2. The van der Waals surface area contributed by atoms with E-state index in [2.05, 4.69) is 40.4 Å². The molecule has 5 N–H and O–H groups in total. The number of halogens is 2. The van der Waals surface area contributed by atoms with Gasteiger partial charge in [-0.15, -0.1) is 0 Å². The van der Waals surface area contributed by atoms with Crippen LogP contribution in [0.3, 0.4) is 0 Å². The van der Waals surface area contributed by atoms with Crippen LogP contribution in [0.4, 0.5) is 0 Å². The Morgan fingerprint density at radius 2 is 1.04 bits per heavy atom. The van der Waals surface area contributed by atoms with Gasteiger partial charge >= 0.3 is 33.3 Å². The number of nitrogens with one attached hydrogen (secondary N) is 5. The first kappa shape index (κ1) is 25.2. The Bertz CT molecular complexity index is 407. The van der Waals surface area contributed by atoms with Gasteiger partial charge in [0.2, 0.25) is 0 Å². The third-order valence-corrected chi connectivity index (χ3v) is 6.43. The molecular weight excluding hydrogens is 436 g/mol. The van der Waals surface area contributed by atoms with Gasteiger partial charge in [0.1, 0.15) is 0 Å². The fourth-order valence-electron chi connectivity index (χ4n) is 4.91. The summed E-state index contributed by atoms with van der Waals surface area (Å²) >= 11 is 0.00694. The molecule has 2 aliphatic carbocycles. The summed E-state index contributed by atoms with van der Waals surface area (Å²) in [7, 11) is 9.59. The van der Waals surface area contributed by atoms with Gasteiger partial charge in [-0.3, -0.25) is 0 Å². The van der Waals surface area contributed by atoms with Gasteiger partial charge in [0, 0.05) is 62.4 Å². The molecule has 2 saturated carbocycles. The molecule has 8 heteroatoms. The summed E-state index contributed by atoms with van der Waals surface area (Å²) in [6.45, 7) is 8.95. The van der Waals surface area contributed by atoms with Crippen molar-refractivity contribution in [1.82, 2.24) is 26.6 Å². The van der Waals surface area contributed by atoms with Gasteiger partial charge in [-0.25, -0.2) is 0 Å². The van der Waals surface area contributed by atoms with Gasteiger partial charge in [0.25, 0.3) is 0 Å². The maximum absolute atomic E-state index is 4.80. The summed E-state index contributed by atoms with van der Waals surface area (Å²) in [6, 6.07) is 3.61. The van der Waals surface area contributed by atoms with Crippen LogP contribution in [0, 0.1) is 0 Å². The third kappa shape index (κ3) is 9.36. The Hall–Kier alpha value is 0.899. The molecule has 3 rings (SSSR count). The molecular formula is C20H41Cl2MnN5. The van der Waals surface area contributed by atoms with Crippen molar-refractivity contribution in [2.24, 2.45) is 0 Å². The van der Waals surface area contributed by atoms with Crippen LogP contribution in [-0.2, 0) is 13.1 Å². The second-order valence-corrected chi connectivity index (χ2v) is 10.7. The average Bonchev–Trinajstić information content (AvgIpc) is 2.70. The fourth-order valence-corrected chi connectivity index (χ4v) is 4.91. The van der Waals surface area contributed by atoms with E-state index in [4.69, 9.17) is 20.2 Å². The van der Waals surface area contributed by atoms with E-state index in [1.807, 2.05) is 0 Å². The Balaban J connectivity index is 0.000000878. The Labute approximate surface area is 187 Å². The summed E-state index contributed by atoms with van der Waals surface area (Å²) < 4.78 is 0. The molecule has 1 heterocycles. The van der Waals surface area contributed by atoms with Crippen molar-refractivity contribution < 1.29 is 13.1 Å². The summed E-state index contributed by atoms with van der Waals surface area (Å²) in [5.41, 5.74) is 0. The van der Waals surface area contributed by atoms with Crippen LogP contribution in [-0.4, -0.2) is 62.4 Å². The van der Waals surface area contributed by atoms with Crippen molar-refractivity contribution >= 4 is 20.2 Å². The number of fused-ring (bicyclic) bond motifs is 2. The van der Waals surface area contributed by atoms with Crippen LogP contribution in [0.25, 0.3) is 0 Å². The van der Waals surface area contributed by atoms with Crippen molar-refractivity contribution in [1.29, 1.82) is 0 Å². The summed E-state index contributed by atoms with van der Waals surface area (Å²) in [5.74, 6) is 0. The van der Waals surface area contributed by atoms with E-state index in [0.717, 1.165) is 26.2 Å². The zero-order valence-corrected chi connectivity index (χ0v) is 20.3. The van der Waals surface area contributed by atoms with Gasteiger partial charge < -0.3 is 26.6 Å². The molecule has 1 saturated heterocycles. The molecule has 6 atom stereocenters. The van der Waals surface area contributed by atoms with Gasteiger partial charge in [0.15, 0.2) is 0 Å². The summed E-state index contributed by atoms with van der Waals surface area (Å²) in [5, 5.41) is 19.2. The number of hydrogen-bond donors (Lipinski definition) is 5. The van der Waals surface area contributed by atoms with Crippen molar-refractivity contribution in [3.05, 3.63) is 0 Å². The van der Waals surface area contributed by atoms with Crippen molar-refractivity contribution in [3.8, 4) is 0 Å². The predicted molar refractivity (Wildman–Crippen MR) is 118 cm³/mol. The standard InChI is InChI=1S/C20H41N5.2ClH.Mn/c1-15-13-24-18-8-4-3-7-17(18)21-11-12-22-19-9-5-6-10-20(19)25-16(2)14-23-15;;;/h15-25H,3-14H2,1-2H3;2*1H;/q;;;+2/p-2/t15-,16-,17?,18?,19?,20?;;;/m1.../s1. The minimum atomic E-state index is 0.00694. The van der Waals surface area contributed by atoms with Crippen LogP contribution in [0.15, 0.2) is 0 Å². The number of rotatable bonds is 0. The topological polar surface area (TPSA) is 60.1 Å². The number of hydrogen-bond acceptors (Lipinski definition) is 5. The van der Waals surface area contributed by atoms with E-state index in [1.54, 1.807) is 0 Å². The van der Waals surface area contributed by atoms with Crippen LogP contribution in [0.2, 0.25) is 0 Å². The normalized spacial score (nSPS) is 38.6. The monoisotopic (exact) mass is 476 g/mol. The molecule has 5 nitrogen and oxygen atoms in total. The Morgan fingerprint density at radius 3 is 1.61 bits per heavy atom. The molecule has 3 aliphatic rings. The van der Waals surface area contributed by atoms with Gasteiger partial charge in [-0.1, -0.05) is 25.7 Å². The van der Waals surface area contributed by atoms with Crippen molar-refractivity contribution in [3.63, 3.8) is 0 Å². The second kappa shape index (κ2) is 14.8. The van der Waals surface area contributed by atoms with Gasteiger partial charge in [-0.2, -0.15) is 0 Å². The average molecular weight is 477 g/mol. The van der Waals surface area contributed by atoms with E-state index < -0.39 is 0 Å². The van der Waals surface area contributed by atoms with E-state index in [9.17, 15) is 0 Å². The first-order chi connectivity index (χ1) is 13.6. The molecule has 3 fully saturated rings. The first-order valence-electron chi connectivity index (χ1n) is 11.2. The van der Waals surface area contributed by atoms with Crippen LogP contribution < -0.4 is 26.6 Å². The maximum atomic E-state index is 4.80. The predicted octanol–water partition coefficient (Wildman–Crippen LogP) is 2.72. The molecule has 0 bridgehead atoms. The minimum absolute atomic E-state index is 0.00694. The molecule has 0 aromatic rings. The SMILES string of the molecule is C[C@@H]1CNC2CCCCC2NCCNC2CCCCC2N[C@H](C)CN1.[Cl][Mn][Cl]. The molecule has 0 spiro atoms. The summed E-state index contributed by atoms with van der Waals surface area (Å²) in [4.78, 5) is 0. The van der Waals surface area contributed by atoms with Gasteiger partial charge in [0.05, 0.1) is 0 Å². The fraction of sp³-hybridized carbons (Fsp3) is 1.00. The molecule has 167 valence electrons.